The first-order valence-electron chi connectivity index (χ1n) is 5.79. The third kappa shape index (κ3) is 3.58. The van der Waals surface area contributed by atoms with Gasteiger partial charge >= 0.3 is 0 Å². The Morgan fingerprint density at radius 3 is 2.42 bits per heavy atom. The molecule has 0 saturated carbocycles. The molecule has 0 radical (unpaired) electrons. The van der Waals surface area contributed by atoms with Crippen LogP contribution in [0.2, 0.25) is 5.02 Å². The summed E-state index contributed by atoms with van der Waals surface area (Å²) in [7, 11) is 0. The van der Waals surface area contributed by atoms with Crippen LogP contribution in [-0.2, 0) is 0 Å². The van der Waals surface area contributed by atoms with Crippen molar-refractivity contribution in [2.45, 2.75) is 13.0 Å². The Balaban J connectivity index is 2.12. The van der Waals surface area contributed by atoms with Crippen LogP contribution in [-0.4, -0.2) is 11.9 Å². The average molecular weight is 340 g/mol. The van der Waals surface area contributed by atoms with Crippen LogP contribution in [0.4, 0.5) is 0 Å². The minimum Gasteiger partial charge on any atom is -0.481 e. The molecule has 2 nitrogen and oxygen atoms in total. The van der Waals surface area contributed by atoms with E-state index >= 15 is 0 Å². The summed E-state index contributed by atoms with van der Waals surface area (Å²) >= 11 is 9.33. The fraction of sp³-hybridized carbons (Fsp3) is 0.133. The van der Waals surface area contributed by atoms with Gasteiger partial charge in [-0.25, -0.2) is 0 Å². The van der Waals surface area contributed by atoms with Gasteiger partial charge in [-0.1, -0.05) is 51.8 Å². The van der Waals surface area contributed by atoms with Gasteiger partial charge in [-0.2, -0.15) is 0 Å². The molecule has 0 N–H and O–H groups in total. The Labute approximate surface area is 125 Å². The van der Waals surface area contributed by atoms with Gasteiger partial charge in [0.1, 0.15) is 5.75 Å². The van der Waals surface area contributed by atoms with E-state index in [4.69, 9.17) is 16.3 Å². The van der Waals surface area contributed by atoms with E-state index in [-0.39, 0.29) is 5.78 Å². The van der Waals surface area contributed by atoms with Crippen LogP contribution in [0.15, 0.2) is 53.0 Å². The Bertz CT molecular complexity index is 581. The minimum atomic E-state index is -0.582. The lowest BCUT2D eigenvalue weighted by Crippen LogP contribution is -2.23. The SMILES string of the molecule is C[C@H](Oc1ccccc1Cl)C(=O)c1ccc(Br)cc1. The fourth-order valence-electron chi connectivity index (χ4n) is 1.63. The highest BCUT2D eigenvalue weighted by molar-refractivity contribution is 9.10. The molecule has 2 aromatic rings. The van der Waals surface area contributed by atoms with Gasteiger partial charge in [0.05, 0.1) is 5.02 Å². The molecule has 0 aromatic heterocycles. The minimum absolute atomic E-state index is 0.0765. The number of hydrogen-bond acceptors (Lipinski definition) is 2. The molecule has 1 atom stereocenters. The standard InChI is InChI=1S/C15H12BrClO2/c1-10(19-14-5-3-2-4-13(14)17)15(18)11-6-8-12(16)9-7-11/h2-10H,1H3/t10-/m0/s1. The second-order valence-corrected chi connectivity index (χ2v) is 5.38. The van der Waals surface area contributed by atoms with Crippen molar-refractivity contribution in [1.82, 2.24) is 0 Å². The van der Waals surface area contributed by atoms with Gasteiger partial charge in [0.25, 0.3) is 0 Å². The number of benzene rings is 2. The summed E-state index contributed by atoms with van der Waals surface area (Å²) in [6.45, 7) is 1.72. The van der Waals surface area contributed by atoms with Crippen molar-refractivity contribution in [2.75, 3.05) is 0 Å². The zero-order chi connectivity index (χ0) is 13.8. The van der Waals surface area contributed by atoms with E-state index in [0.29, 0.717) is 16.3 Å². The van der Waals surface area contributed by atoms with Crippen molar-refractivity contribution >= 4 is 33.3 Å². The maximum absolute atomic E-state index is 12.2. The van der Waals surface area contributed by atoms with Gasteiger partial charge in [0, 0.05) is 10.0 Å². The first-order chi connectivity index (χ1) is 9.08. The molecule has 0 heterocycles. The van der Waals surface area contributed by atoms with Crippen LogP contribution >= 0.6 is 27.5 Å². The molecule has 0 fully saturated rings. The second-order valence-electron chi connectivity index (χ2n) is 4.06. The molecular weight excluding hydrogens is 328 g/mol. The molecule has 4 heteroatoms. The molecule has 0 spiro atoms. The summed E-state index contributed by atoms with van der Waals surface area (Å²) in [6, 6.07) is 14.3. The van der Waals surface area contributed by atoms with Crippen LogP contribution in [0.25, 0.3) is 0 Å². The van der Waals surface area contributed by atoms with Crippen LogP contribution in [0.3, 0.4) is 0 Å². The molecule has 0 bridgehead atoms. The smallest absolute Gasteiger partial charge is 0.202 e. The Morgan fingerprint density at radius 1 is 1.16 bits per heavy atom. The molecule has 0 saturated heterocycles. The topological polar surface area (TPSA) is 26.3 Å². The number of carbonyl (C=O) groups excluding carboxylic acids is 1. The summed E-state index contributed by atoms with van der Waals surface area (Å²) < 4.78 is 6.53. The van der Waals surface area contributed by atoms with Crippen LogP contribution < -0.4 is 4.74 Å². The van der Waals surface area contributed by atoms with E-state index in [1.165, 1.54) is 0 Å². The van der Waals surface area contributed by atoms with Gasteiger partial charge in [0.15, 0.2) is 6.10 Å². The molecule has 19 heavy (non-hydrogen) atoms. The zero-order valence-electron chi connectivity index (χ0n) is 10.3. The summed E-state index contributed by atoms with van der Waals surface area (Å²) in [5.74, 6) is 0.439. The monoisotopic (exact) mass is 338 g/mol. The maximum Gasteiger partial charge on any atom is 0.202 e. The third-order valence-corrected chi connectivity index (χ3v) is 3.48. The molecule has 2 aromatic carbocycles. The predicted molar refractivity (Wildman–Crippen MR) is 80.0 cm³/mol. The third-order valence-electron chi connectivity index (χ3n) is 2.64. The van der Waals surface area contributed by atoms with E-state index in [1.807, 2.05) is 24.3 Å². The fourth-order valence-corrected chi connectivity index (χ4v) is 2.08. The summed E-state index contributed by atoms with van der Waals surface area (Å²) in [5.41, 5.74) is 0.614. The summed E-state index contributed by atoms with van der Waals surface area (Å²) in [6.07, 6.45) is -0.582. The molecule has 0 unspecified atom stereocenters. The van der Waals surface area contributed by atoms with E-state index in [1.54, 1.807) is 31.2 Å². The maximum atomic E-state index is 12.2. The largest absolute Gasteiger partial charge is 0.481 e. The molecule has 0 aliphatic rings. The zero-order valence-corrected chi connectivity index (χ0v) is 12.6. The number of Topliss-reactive ketones (excluding diaryl/α,β-unsaturated/α-hetero) is 1. The van der Waals surface area contributed by atoms with Crippen molar-refractivity contribution in [3.8, 4) is 5.75 Å². The quantitative estimate of drug-likeness (QED) is 0.751. The molecular formula is C15H12BrClO2. The van der Waals surface area contributed by atoms with Crippen molar-refractivity contribution in [1.29, 1.82) is 0 Å². The van der Waals surface area contributed by atoms with E-state index in [0.717, 1.165) is 4.47 Å². The van der Waals surface area contributed by atoms with Gasteiger partial charge in [-0.3, -0.25) is 4.79 Å². The first kappa shape index (κ1) is 14.1. The molecule has 0 aliphatic carbocycles. The Hall–Kier alpha value is -1.32. The van der Waals surface area contributed by atoms with Crippen LogP contribution in [0.1, 0.15) is 17.3 Å². The number of halogens is 2. The average Bonchev–Trinajstić information content (AvgIpc) is 2.41. The number of para-hydroxylation sites is 1. The van der Waals surface area contributed by atoms with Gasteiger partial charge in [-0.15, -0.1) is 0 Å². The predicted octanol–water partition coefficient (Wildman–Crippen LogP) is 4.75. The highest BCUT2D eigenvalue weighted by atomic mass is 79.9. The Kier molecular flexibility index (Phi) is 4.61. The van der Waals surface area contributed by atoms with Crippen molar-refractivity contribution in [3.05, 3.63) is 63.6 Å². The van der Waals surface area contributed by atoms with Gasteiger partial charge < -0.3 is 4.74 Å². The Morgan fingerprint density at radius 2 is 1.79 bits per heavy atom. The van der Waals surface area contributed by atoms with Gasteiger partial charge in [0.2, 0.25) is 5.78 Å². The molecule has 2 rings (SSSR count). The normalized spacial score (nSPS) is 11.9. The van der Waals surface area contributed by atoms with Crippen molar-refractivity contribution in [3.63, 3.8) is 0 Å². The second kappa shape index (κ2) is 6.22. The highest BCUT2D eigenvalue weighted by Crippen LogP contribution is 2.25. The number of ketones is 1. The molecule has 98 valence electrons. The number of rotatable bonds is 4. The number of carbonyl (C=O) groups is 1. The lowest BCUT2D eigenvalue weighted by atomic mass is 10.1. The number of hydrogen-bond donors (Lipinski definition) is 0. The van der Waals surface area contributed by atoms with E-state index in [2.05, 4.69) is 15.9 Å². The van der Waals surface area contributed by atoms with E-state index in [9.17, 15) is 4.79 Å². The lowest BCUT2D eigenvalue weighted by molar-refractivity contribution is 0.0818. The van der Waals surface area contributed by atoms with Crippen molar-refractivity contribution < 1.29 is 9.53 Å². The molecule has 0 amide bonds. The highest BCUT2D eigenvalue weighted by Gasteiger charge is 2.17. The summed E-state index contributed by atoms with van der Waals surface area (Å²) in [4.78, 5) is 12.2. The molecule has 0 aliphatic heterocycles. The van der Waals surface area contributed by atoms with Gasteiger partial charge in [-0.05, 0) is 31.2 Å². The first-order valence-corrected chi connectivity index (χ1v) is 6.96. The van der Waals surface area contributed by atoms with E-state index < -0.39 is 6.10 Å². The lowest BCUT2D eigenvalue weighted by Gasteiger charge is -2.14. The number of ether oxygens (including phenoxy) is 1. The van der Waals surface area contributed by atoms with Crippen LogP contribution in [0, 0.1) is 0 Å². The van der Waals surface area contributed by atoms with Crippen LogP contribution in [0.5, 0.6) is 5.75 Å². The summed E-state index contributed by atoms with van der Waals surface area (Å²) in [5, 5.41) is 0.498. The van der Waals surface area contributed by atoms with Crippen molar-refractivity contribution in [2.24, 2.45) is 0 Å².